The van der Waals surface area contributed by atoms with Gasteiger partial charge < -0.3 is 14.6 Å². The summed E-state index contributed by atoms with van der Waals surface area (Å²) in [6.45, 7) is 12.3. The van der Waals surface area contributed by atoms with Gasteiger partial charge in [-0.1, -0.05) is 68.8 Å². The molecule has 0 saturated carbocycles. The maximum atomic E-state index is 11.3. The fourth-order valence-electron chi connectivity index (χ4n) is 5.44. The number of hydrogen-bond donors (Lipinski definition) is 1. The van der Waals surface area contributed by atoms with Gasteiger partial charge in [-0.25, -0.2) is 4.79 Å². The van der Waals surface area contributed by atoms with Gasteiger partial charge >= 0.3 is 5.97 Å². The number of halogens is 1. The first kappa shape index (κ1) is 24.8. The van der Waals surface area contributed by atoms with Crippen LogP contribution < -0.4 is 4.74 Å². The number of carboxylic acid groups (broad SMARTS) is 1. The molecule has 2 aromatic carbocycles. The molecule has 5 heteroatoms. The summed E-state index contributed by atoms with van der Waals surface area (Å²) >= 11 is 6.71. The third-order valence-electron chi connectivity index (χ3n) is 7.25. The van der Waals surface area contributed by atoms with Crippen molar-refractivity contribution in [1.82, 2.24) is 0 Å². The first-order valence-corrected chi connectivity index (χ1v) is 12.5. The molecule has 2 aromatic rings. The Bertz CT molecular complexity index is 1080. The predicted molar refractivity (Wildman–Crippen MR) is 136 cm³/mol. The molecule has 0 radical (unpaired) electrons. The Labute approximate surface area is 207 Å². The highest BCUT2D eigenvalue weighted by atomic mass is 35.5. The zero-order valence-electron chi connectivity index (χ0n) is 20.6. The van der Waals surface area contributed by atoms with Crippen LogP contribution in [0.1, 0.15) is 81.2 Å². The van der Waals surface area contributed by atoms with Gasteiger partial charge in [0.15, 0.2) is 6.61 Å². The van der Waals surface area contributed by atoms with E-state index in [1.165, 1.54) is 11.1 Å². The van der Waals surface area contributed by atoms with Crippen LogP contribution in [0.15, 0.2) is 48.6 Å². The summed E-state index contributed by atoms with van der Waals surface area (Å²) in [6.07, 6.45) is 3.83. The minimum absolute atomic E-state index is 0.0610. The largest absolute Gasteiger partial charge is 0.480 e. The van der Waals surface area contributed by atoms with Gasteiger partial charge in [-0.05, 0) is 66.8 Å². The number of carbonyl (C=O) groups is 1. The molecule has 2 aliphatic rings. The fourth-order valence-corrected chi connectivity index (χ4v) is 5.72. The van der Waals surface area contributed by atoms with E-state index < -0.39 is 12.6 Å². The number of benzene rings is 2. The summed E-state index contributed by atoms with van der Waals surface area (Å²) in [6, 6.07) is 12.7. The lowest BCUT2D eigenvalue weighted by Crippen LogP contribution is -2.36. The average Bonchev–Trinajstić information content (AvgIpc) is 2.95. The van der Waals surface area contributed by atoms with Gasteiger partial charge in [0, 0.05) is 17.4 Å². The van der Waals surface area contributed by atoms with Crippen LogP contribution in [0.5, 0.6) is 5.75 Å². The third-order valence-corrected chi connectivity index (χ3v) is 7.53. The lowest BCUT2D eigenvalue weighted by molar-refractivity contribution is -0.139. The number of aliphatic carboxylic acids is 1. The molecule has 0 spiro atoms. The molecular formula is C29H35ClO4. The molecule has 0 aromatic heterocycles. The van der Waals surface area contributed by atoms with E-state index in [1.807, 2.05) is 6.07 Å². The van der Waals surface area contributed by atoms with Crippen molar-refractivity contribution in [3.63, 3.8) is 0 Å². The molecular weight excluding hydrogens is 448 g/mol. The van der Waals surface area contributed by atoms with Crippen molar-refractivity contribution in [1.29, 1.82) is 0 Å². The Balaban J connectivity index is 1.80. The molecule has 1 aliphatic heterocycles. The minimum atomic E-state index is -1.04. The fraction of sp³-hybridized carbons (Fsp3) is 0.483. The minimum Gasteiger partial charge on any atom is -0.480 e. The van der Waals surface area contributed by atoms with E-state index >= 15 is 0 Å². The second-order valence-corrected chi connectivity index (χ2v) is 11.2. The van der Waals surface area contributed by atoms with E-state index in [4.69, 9.17) is 21.1 Å². The topological polar surface area (TPSA) is 55.8 Å². The van der Waals surface area contributed by atoms with Crippen molar-refractivity contribution in [3.8, 4) is 5.75 Å². The van der Waals surface area contributed by atoms with Crippen LogP contribution >= 0.6 is 11.6 Å². The number of aryl methyl sites for hydroxylation is 1. The maximum absolute atomic E-state index is 11.3. The lowest BCUT2D eigenvalue weighted by atomic mass is 9.74. The molecule has 0 bridgehead atoms. The monoisotopic (exact) mass is 482 g/mol. The van der Waals surface area contributed by atoms with Gasteiger partial charge in [0.25, 0.3) is 0 Å². The predicted octanol–water partition coefficient (Wildman–Crippen LogP) is 7.24. The number of ether oxygens (including phenoxy) is 2. The Morgan fingerprint density at radius 3 is 2.65 bits per heavy atom. The standard InChI is InChI=1S/C29H35ClO4/c1-17(2)21-15-22-20-11-7-6-9-18(20)10-8-12-25(22)34-27(21)23-13-19(29(3,4)5)14-24(30)28(23)33-16-26(31)32/h6-7,9,11,13-14,21-22,25,27H,1,8,10,12,15-16H2,2-5H3,(H,31,32)/t21-,22-,25+,27+/m1/s1. The molecule has 1 heterocycles. The van der Waals surface area contributed by atoms with Gasteiger partial charge in [0.05, 0.1) is 17.2 Å². The normalized spacial score (nSPS) is 24.5. The molecule has 4 atom stereocenters. The first-order valence-electron chi connectivity index (χ1n) is 12.1. The van der Waals surface area contributed by atoms with Gasteiger partial charge in [0.1, 0.15) is 5.75 Å². The van der Waals surface area contributed by atoms with Crippen molar-refractivity contribution in [2.75, 3.05) is 6.61 Å². The highest BCUT2D eigenvalue weighted by molar-refractivity contribution is 6.32. The molecule has 1 saturated heterocycles. The number of rotatable bonds is 5. The van der Waals surface area contributed by atoms with Crippen LogP contribution in [0.3, 0.4) is 0 Å². The van der Waals surface area contributed by atoms with Gasteiger partial charge in [-0.3, -0.25) is 0 Å². The molecule has 4 nitrogen and oxygen atoms in total. The highest BCUT2D eigenvalue weighted by Crippen LogP contribution is 2.52. The molecule has 4 rings (SSSR count). The Kier molecular flexibility index (Phi) is 7.12. The Morgan fingerprint density at radius 2 is 1.97 bits per heavy atom. The van der Waals surface area contributed by atoms with Crippen LogP contribution in [0, 0.1) is 5.92 Å². The zero-order valence-corrected chi connectivity index (χ0v) is 21.3. The molecule has 0 amide bonds. The van der Waals surface area contributed by atoms with E-state index in [0.717, 1.165) is 42.4 Å². The molecule has 1 N–H and O–H groups in total. The van der Waals surface area contributed by atoms with Crippen LogP contribution in [0.25, 0.3) is 0 Å². The van der Waals surface area contributed by atoms with E-state index in [1.54, 1.807) is 0 Å². The second-order valence-electron chi connectivity index (χ2n) is 10.8. The second kappa shape index (κ2) is 9.75. The highest BCUT2D eigenvalue weighted by Gasteiger charge is 2.42. The number of fused-ring (bicyclic) bond motifs is 3. The molecule has 182 valence electrons. The lowest BCUT2D eigenvalue weighted by Gasteiger charge is -2.43. The van der Waals surface area contributed by atoms with E-state index in [-0.39, 0.29) is 23.5 Å². The van der Waals surface area contributed by atoms with Crippen molar-refractivity contribution >= 4 is 17.6 Å². The maximum Gasteiger partial charge on any atom is 0.341 e. The van der Waals surface area contributed by atoms with E-state index in [9.17, 15) is 9.90 Å². The van der Waals surface area contributed by atoms with Crippen molar-refractivity contribution in [3.05, 3.63) is 75.8 Å². The number of hydrogen-bond acceptors (Lipinski definition) is 3. The molecule has 0 unspecified atom stereocenters. The van der Waals surface area contributed by atoms with Crippen LogP contribution in [-0.2, 0) is 21.4 Å². The summed E-state index contributed by atoms with van der Waals surface area (Å²) in [7, 11) is 0. The smallest absolute Gasteiger partial charge is 0.341 e. The van der Waals surface area contributed by atoms with Crippen LogP contribution in [-0.4, -0.2) is 23.8 Å². The van der Waals surface area contributed by atoms with Crippen molar-refractivity contribution < 1.29 is 19.4 Å². The van der Waals surface area contributed by atoms with Crippen molar-refractivity contribution in [2.45, 2.75) is 76.9 Å². The third kappa shape index (κ3) is 5.04. The summed E-state index contributed by atoms with van der Waals surface area (Å²) in [5.74, 6) is -0.267. The summed E-state index contributed by atoms with van der Waals surface area (Å²) < 4.78 is 12.7. The van der Waals surface area contributed by atoms with Gasteiger partial charge in [0.2, 0.25) is 0 Å². The van der Waals surface area contributed by atoms with E-state index in [2.05, 4.69) is 64.6 Å². The van der Waals surface area contributed by atoms with Gasteiger partial charge in [-0.2, -0.15) is 0 Å². The first-order chi connectivity index (χ1) is 16.1. The Hall–Kier alpha value is -2.30. The van der Waals surface area contributed by atoms with Crippen LogP contribution in [0.4, 0.5) is 0 Å². The summed E-state index contributed by atoms with van der Waals surface area (Å²) in [4.78, 5) is 11.3. The molecule has 34 heavy (non-hydrogen) atoms. The zero-order chi connectivity index (χ0) is 24.6. The van der Waals surface area contributed by atoms with E-state index in [0.29, 0.717) is 16.7 Å². The quantitative estimate of drug-likeness (QED) is 0.456. The molecule has 1 fully saturated rings. The SMILES string of the molecule is C=C(C)[C@H]1C[C@@H]2c3ccccc3CCC[C@@H]2O[C@@H]1c1cc(C(C)(C)C)cc(Cl)c1OCC(=O)O. The molecule has 1 aliphatic carbocycles. The summed E-state index contributed by atoms with van der Waals surface area (Å²) in [5.41, 5.74) is 5.60. The summed E-state index contributed by atoms with van der Waals surface area (Å²) in [5, 5.41) is 9.67. The van der Waals surface area contributed by atoms with Crippen LogP contribution in [0.2, 0.25) is 5.02 Å². The van der Waals surface area contributed by atoms with Gasteiger partial charge in [-0.15, -0.1) is 0 Å². The number of carboxylic acids is 1. The Morgan fingerprint density at radius 1 is 1.24 bits per heavy atom. The van der Waals surface area contributed by atoms with Crippen molar-refractivity contribution in [2.24, 2.45) is 5.92 Å². The average molecular weight is 483 g/mol.